The van der Waals surface area contributed by atoms with E-state index in [9.17, 15) is 9.59 Å². The van der Waals surface area contributed by atoms with E-state index in [4.69, 9.17) is 9.47 Å². The van der Waals surface area contributed by atoms with Crippen LogP contribution in [0.2, 0.25) is 0 Å². The summed E-state index contributed by atoms with van der Waals surface area (Å²) in [6.07, 6.45) is 0. The van der Waals surface area contributed by atoms with Crippen LogP contribution in [0.4, 0.5) is 0 Å². The fraction of sp³-hybridized carbons (Fsp3) is 0.818. The van der Waals surface area contributed by atoms with Crippen molar-refractivity contribution in [3.8, 4) is 0 Å². The lowest BCUT2D eigenvalue weighted by atomic mass is 10.3. The van der Waals surface area contributed by atoms with Crippen molar-refractivity contribution in [3.05, 3.63) is 0 Å². The van der Waals surface area contributed by atoms with Gasteiger partial charge >= 0.3 is 11.9 Å². The van der Waals surface area contributed by atoms with Crippen LogP contribution in [-0.4, -0.2) is 51.0 Å². The second-order valence-corrected chi connectivity index (χ2v) is 3.29. The molecule has 0 aliphatic rings. The Kier molecular flexibility index (Phi) is 9.37. The van der Waals surface area contributed by atoms with E-state index in [1.165, 1.54) is 0 Å². The normalized spacial score (nSPS) is 11.9. The van der Waals surface area contributed by atoms with E-state index >= 15 is 0 Å². The zero-order chi connectivity index (χ0) is 13.1. The van der Waals surface area contributed by atoms with Crippen LogP contribution in [0.1, 0.15) is 20.8 Å². The van der Waals surface area contributed by atoms with Gasteiger partial charge in [0.15, 0.2) is 0 Å². The number of carbonyl (C=O) groups is 2. The first kappa shape index (κ1) is 15.9. The van der Waals surface area contributed by atoms with Crippen molar-refractivity contribution in [2.45, 2.75) is 26.8 Å². The van der Waals surface area contributed by atoms with Gasteiger partial charge in [0.05, 0.1) is 19.8 Å². The highest BCUT2D eigenvalue weighted by atomic mass is 16.6. The first-order valence-corrected chi connectivity index (χ1v) is 5.75. The highest BCUT2D eigenvalue weighted by Crippen LogP contribution is 1.87. The summed E-state index contributed by atoms with van der Waals surface area (Å²) < 4.78 is 14.5. The van der Waals surface area contributed by atoms with Gasteiger partial charge in [-0.3, -0.25) is 4.79 Å². The quantitative estimate of drug-likeness (QED) is 0.460. The molecule has 6 nitrogen and oxygen atoms in total. The van der Waals surface area contributed by atoms with Gasteiger partial charge in [0.1, 0.15) is 12.6 Å². The summed E-state index contributed by atoms with van der Waals surface area (Å²) >= 11 is 0. The van der Waals surface area contributed by atoms with Crippen molar-refractivity contribution in [1.82, 2.24) is 5.32 Å². The molecule has 1 N–H and O–H groups in total. The molecule has 0 amide bonds. The van der Waals surface area contributed by atoms with Crippen molar-refractivity contribution < 1.29 is 23.8 Å². The highest BCUT2D eigenvalue weighted by molar-refractivity contribution is 5.75. The molecule has 0 fully saturated rings. The van der Waals surface area contributed by atoms with Crippen LogP contribution < -0.4 is 5.32 Å². The van der Waals surface area contributed by atoms with Crippen LogP contribution in [0.25, 0.3) is 0 Å². The lowest BCUT2D eigenvalue weighted by molar-refractivity contribution is -0.149. The summed E-state index contributed by atoms with van der Waals surface area (Å²) in [5.41, 5.74) is 0. The average molecular weight is 247 g/mol. The van der Waals surface area contributed by atoms with Gasteiger partial charge in [-0.1, -0.05) is 0 Å². The minimum Gasteiger partial charge on any atom is -0.465 e. The Morgan fingerprint density at radius 1 is 1.18 bits per heavy atom. The minimum atomic E-state index is -0.383. The van der Waals surface area contributed by atoms with Crippen molar-refractivity contribution in [1.29, 1.82) is 0 Å². The van der Waals surface area contributed by atoms with E-state index in [-0.39, 0.29) is 24.6 Å². The molecule has 0 bridgehead atoms. The third kappa shape index (κ3) is 8.65. The number of hydrogen-bond acceptors (Lipinski definition) is 6. The molecule has 6 heteroatoms. The molecule has 0 heterocycles. The average Bonchev–Trinajstić information content (AvgIpc) is 2.29. The monoisotopic (exact) mass is 247 g/mol. The molecule has 0 spiro atoms. The third-order valence-electron chi connectivity index (χ3n) is 1.86. The Hall–Kier alpha value is -1.14. The standard InChI is InChI=1S/C11H21NO5/c1-4-16-10(13)8-15-7-6-12-9(3)11(14)17-5-2/h9,12H,4-8H2,1-3H3. The molecule has 17 heavy (non-hydrogen) atoms. The SMILES string of the molecule is CCOC(=O)COCCNC(C)C(=O)OCC. The zero-order valence-corrected chi connectivity index (χ0v) is 10.7. The summed E-state index contributed by atoms with van der Waals surface area (Å²) in [7, 11) is 0. The summed E-state index contributed by atoms with van der Waals surface area (Å²) in [6, 6.07) is -0.374. The van der Waals surface area contributed by atoms with Crippen LogP contribution in [0.3, 0.4) is 0 Å². The summed E-state index contributed by atoms with van der Waals surface area (Å²) in [5.74, 6) is -0.677. The van der Waals surface area contributed by atoms with Gasteiger partial charge in [0.25, 0.3) is 0 Å². The number of hydrogen-bond donors (Lipinski definition) is 1. The maximum atomic E-state index is 11.2. The second kappa shape index (κ2) is 10.0. The largest absolute Gasteiger partial charge is 0.465 e. The molecular weight excluding hydrogens is 226 g/mol. The molecule has 0 rings (SSSR count). The van der Waals surface area contributed by atoms with E-state index in [2.05, 4.69) is 10.1 Å². The molecule has 0 aromatic carbocycles. The van der Waals surface area contributed by atoms with E-state index in [0.717, 1.165) is 0 Å². The van der Waals surface area contributed by atoms with Gasteiger partial charge in [0, 0.05) is 6.54 Å². The van der Waals surface area contributed by atoms with Crippen LogP contribution in [0, 0.1) is 0 Å². The van der Waals surface area contributed by atoms with Crippen molar-refractivity contribution >= 4 is 11.9 Å². The van der Waals surface area contributed by atoms with Gasteiger partial charge in [-0.05, 0) is 20.8 Å². The molecule has 0 aromatic rings. The topological polar surface area (TPSA) is 73.9 Å². The first-order valence-electron chi connectivity index (χ1n) is 5.75. The molecule has 1 unspecified atom stereocenters. The summed E-state index contributed by atoms with van der Waals surface area (Å²) in [4.78, 5) is 22.1. The molecule has 0 saturated heterocycles. The van der Waals surface area contributed by atoms with Crippen molar-refractivity contribution in [3.63, 3.8) is 0 Å². The number of nitrogens with one attached hydrogen (secondary N) is 1. The Labute approximate surface area is 102 Å². The fourth-order valence-electron chi connectivity index (χ4n) is 1.06. The molecule has 0 aromatic heterocycles. The molecule has 100 valence electrons. The number of ether oxygens (including phenoxy) is 3. The fourth-order valence-corrected chi connectivity index (χ4v) is 1.06. The number of carbonyl (C=O) groups excluding carboxylic acids is 2. The Balaban J connectivity index is 3.45. The molecule has 0 aliphatic heterocycles. The van der Waals surface area contributed by atoms with Gasteiger partial charge in [-0.2, -0.15) is 0 Å². The predicted molar refractivity (Wildman–Crippen MR) is 61.5 cm³/mol. The smallest absolute Gasteiger partial charge is 0.332 e. The molecular formula is C11H21NO5. The summed E-state index contributed by atoms with van der Waals surface area (Å²) in [6.45, 7) is 6.66. The van der Waals surface area contributed by atoms with Gasteiger partial charge in [-0.15, -0.1) is 0 Å². The van der Waals surface area contributed by atoms with Gasteiger partial charge in [-0.25, -0.2) is 4.79 Å². The Morgan fingerprint density at radius 3 is 2.41 bits per heavy atom. The first-order chi connectivity index (χ1) is 8.11. The maximum absolute atomic E-state index is 11.2. The Morgan fingerprint density at radius 2 is 1.82 bits per heavy atom. The molecule has 0 saturated carbocycles. The lowest BCUT2D eigenvalue weighted by Crippen LogP contribution is -2.37. The predicted octanol–water partition coefficient (Wildman–Crippen LogP) is 0.107. The second-order valence-electron chi connectivity index (χ2n) is 3.29. The van der Waals surface area contributed by atoms with E-state index in [1.54, 1.807) is 20.8 Å². The minimum absolute atomic E-state index is 0.0662. The maximum Gasteiger partial charge on any atom is 0.332 e. The van der Waals surface area contributed by atoms with Gasteiger partial charge in [0.2, 0.25) is 0 Å². The third-order valence-corrected chi connectivity index (χ3v) is 1.86. The molecule has 1 atom stereocenters. The zero-order valence-electron chi connectivity index (χ0n) is 10.7. The van der Waals surface area contributed by atoms with E-state index in [0.29, 0.717) is 26.4 Å². The van der Waals surface area contributed by atoms with Crippen LogP contribution >= 0.6 is 0 Å². The van der Waals surface area contributed by atoms with Crippen LogP contribution in [0.5, 0.6) is 0 Å². The van der Waals surface area contributed by atoms with Crippen LogP contribution in [0.15, 0.2) is 0 Å². The van der Waals surface area contributed by atoms with E-state index < -0.39 is 0 Å². The van der Waals surface area contributed by atoms with Gasteiger partial charge < -0.3 is 19.5 Å². The molecule has 0 radical (unpaired) electrons. The van der Waals surface area contributed by atoms with Crippen LogP contribution in [-0.2, 0) is 23.8 Å². The lowest BCUT2D eigenvalue weighted by Gasteiger charge is -2.12. The van der Waals surface area contributed by atoms with Crippen molar-refractivity contribution in [2.75, 3.05) is 33.0 Å². The van der Waals surface area contributed by atoms with E-state index in [1.807, 2.05) is 0 Å². The number of esters is 2. The van der Waals surface area contributed by atoms with Crippen molar-refractivity contribution in [2.24, 2.45) is 0 Å². The Bertz CT molecular complexity index is 232. The number of rotatable bonds is 9. The highest BCUT2D eigenvalue weighted by Gasteiger charge is 2.12. The molecule has 0 aliphatic carbocycles. The summed E-state index contributed by atoms with van der Waals surface area (Å²) in [5, 5.41) is 2.92.